The lowest BCUT2D eigenvalue weighted by atomic mass is 9.69. The highest BCUT2D eigenvalue weighted by molar-refractivity contribution is 6.31. The number of alkyl carbamates (subject to hydrolysis) is 1. The van der Waals surface area contributed by atoms with Gasteiger partial charge in [0.25, 0.3) is 5.91 Å². The molecule has 6 rings (SSSR count). The third-order valence-electron chi connectivity index (χ3n) is 8.15. The van der Waals surface area contributed by atoms with Gasteiger partial charge in [-0.05, 0) is 30.0 Å². The molecule has 1 aromatic heterocycles. The van der Waals surface area contributed by atoms with Crippen molar-refractivity contribution in [1.82, 2.24) is 24.9 Å². The zero-order valence-electron chi connectivity index (χ0n) is 19.8. The molecule has 3 aliphatic heterocycles. The average Bonchev–Trinajstić information content (AvgIpc) is 3.49. The van der Waals surface area contributed by atoms with Crippen LogP contribution in [0.1, 0.15) is 46.1 Å². The number of nitrogens with one attached hydrogen (secondary N) is 1. The molecule has 35 heavy (non-hydrogen) atoms. The molecule has 9 nitrogen and oxygen atoms in total. The number of halogens is 1. The molecule has 2 aromatic rings. The lowest BCUT2D eigenvalue weighted by molar-refractivity contribution is -0.0767. The fourth-order valence-electron chi connectivity index (χ4n) is 5.95. The molecule has 10 heteroatoms. The average molecular weight is 500 g/mol. The Balaban J connectivity index is 1.30. The Morgan fingerprint density at radius 2 is 2.09 bits per heavy atom. The van der Waals surface area contributed by atoms with Crippen molar-refractivity contribution < 1.29 is 19.1 Å². The largest absolute Gasteiger partial charge is 0.441 e. The normalized spacial score (nSPS) is 28.2. The lowest BCUT2D eigenvalue weighted by Gasteiger charge is -2.46. The van der Waals surface area contributed by atoms with Gasteiger partial charge in [0.15, 0.2) is 0 Å². The van der Waals surface area contributed by atoms with Gasteiger partial charge in [0, 0.05) is 51.1 Å². The van der Waals surface area contributed by atoms with E-state index in [2.05, 4.69) is 27.4 Å². The van der Waals surface area contributed by atoms with Crippen molar-refractivity contribution in [2.24, 2.45) is 13.0 Å². The molecule has 1 spiro atoms. The van der Waals surface area contributed by atoms with Gasteiger partial charge in [-0.2, -0.15) is 5.10 Å². The molecule has 1 N–H and O–H groups in total. The summed E-state index contributed by atoms with van der Waals surface area (Å²) in [5.74, 6) is 0.137. The summed E-state index contributed by atoms with van der Waals surface area (Å²) in [4.78, 5) is 29.8. The Morgan fingerprint density at radius 1 is 1.26 bits per heavy atom. The van der Waals surface area contributed by atoms with Gasteiger partial charge in [0.2, 0.25) is 0 Å². The summed E-state index contributed by atoms with van der Waals surface area (Å²) in [6.45, 7) is 5.20. The van der Waals surface area contributed by atoms with E-state index in [1.165, 1.54) is 5.56 Å². The number of morpholine rings is 1. The highest BCUT2D eigenvalue weighted by Crippen LogP contribution is 2.47. The van der Waals surface area contributed by atoms with Crippen LogP contribution in [0.3, 0.4) is 0 Å². The molecule has 186 valence electrons. The van der Waals surface area contributed by atoms with Gasteiger partial charge in [0.05, 0.1) is 42.7 Å². The van der Waals surface area contributed by atoms with Gasteiger partial charge in [-0.15, -0.1) is 0 Å². The molecule has 3 fully saturated rings. The molecule has 1 aliphatic carbocycles. The molecule has 0 radical (unpaired) electrons. The van der Waals surface area contributed by atoms with Crippen molar-refractivity contribution in [2.75, 3.05) is 39.4 Å². The summed E-state index contributed by atoms with van der Waals surface area (Å²) in [7, 11) is 1.88. The first-order valence-electron chi connectivity index (χ1n) is 12.3. The lowest BCUT2D eigenvalue weighted by Crippen LogP contribution is -2.55. The smallest absolute Gasteiger partial charge is 0.407 e. The van der Waals surface area contributed by atoms with Crippen molar-refractivity contribution in [3.8, 4) is 0 Å². The molecular weight excluding hydrogens is 470 g/mol. The van der Waals surface area contributed by atoms with E-state index in [1.54, 1.807) is 10.9 Å². The van der Waals surface area contributed by atoms with Gasteiger partial charge >= 0.3 is 6.09 Å². The number of benzene rings is 1. The summed E-state index contributed by atoms with van der Waals surface area (Å²) in [6, 6.07) is 6.07. The molecule has 0 bridgehead atoms. The Bertz CT molecular complexity index is 1140. The van der Waals surface area contributed by atoms with Gasteiger partial charge < -0.3 is 19.7 Å². The van der Waals surface area contributed by atoms with Crippen LogP contribution in [-0.4, -0.2) is 76.6 Å². The van der Waals surface area contributed by atoms with Crippen molar-refractivity contribution in [1.29, 1.82) is 0 Å². The number of nitrogens with zero attached hydrogens (tertiary/aromatic N) is 4. The van der Waals surface area contributed by atoms with Gasteiger partial charge in [0.1, 0.15) is 5.60 Å². The quantitative estimate of drug-likeness (QED) is 0.657. The second kappa shape index (κ2) is 8.80. The van der Waals surface area contributed by atoms with Crippen LogP contribution in [0.25, 0.3) is 0 Å². The molecular formula is C25H30ClN5O4. The van der Waals surface area contributed by atoms with Crippen LogP contribution in [0, 0.1) is 5.92 Å². The van der Waals surface area contributed by atoms with Crippen LogP contribution >= 0.6 is 11.6 Å². The second-order valence-corrected chi connectivity index (χ2v) is 10.5. The SMILES string of the molecule is Cn1ncc(Cl)c1CC1c2cc(CN3CCOCC3)ccc2C(=O)N1CC1CCC12CNC(=O)O2. The van der Waals surface area contributed by atoms with E-state index in [-0.39, 0.29) is 24.0 Å². The molecule has 4 heterocycles. The fraction of sp³-hybridized carbons (Fsp3) is 0.560. The zero-order valence-corrected chi connectivity index (χ0v) is 20.6. The maximum atomic E-state index is 13.7. The van der Waals surface area contributed by atoms with Gasteiger partial charge in [-0.3, -0.25) is 14.4 Å². The maximum Gasteiger partial charge on any atom is 0.407 e. The summed E-state index contributed by atoms with van der Waals surface area (Å²) >= 11 is 6.48. The van der Waals surface area contributed by atoms with Crippen molar-refractivity contribution in [3.05, 3.63) is 51.8 Å². The molecule has 1 aromatic carbocycles. The third-order valence-corrected chi connectivity index (χ3v) is 8.47. The van der Waals surface area contributed by atoms with E-state index in [0.717, 1.165) is 62.5 Å². The topological polar surface area (TPSA) is 88.9 Å². The highest BCUT2D eigenvalue weighted by atomic mass is 35.5. The van der Waals surface area contributed by atoms with E-state index in [0.29, 0.717) is 24.5 Å². The summed E-state index contributed by atoms with van der Waals surface area (Å²) < 4.78 is 12.9. The summed E-state index contributed by atoms with van der Waals surface area (Å²) in [6.07, 6.45) is 3.62. The molecule has 4 aliphatic rings. The highest BCUT2D eigenvalue weighted by Gasteiger charge is 2.55. The van der Waals surface area contributed by atoms with E-state index in [9.17, 15) is 9.59 Å². The first-order valence-corrected chi connectivity index (χ1v) is 12.7. The molecule has 2 amide bonds. The van der Waals surface area contributed by atoms with Gasteiger partial charge in [-0.1, -0.05) is 23.7 Å². The van der Waals surface area contributed by atoms with Crippen molar-refractivity contribution in [3.63, 3.8) is 0 Å². The molecule has 1 saturated carbocycles. The minimum absolute atomic E-state index is 0.0283. The standard InChI is InChI=1S/C25H30ClN5O4/c1-29-22(20(26)12-28-29)11-21-19-10-16(13-30-6-8-34-9-7-30)2-3-18(19)23(32)31(21)14-17-4-5-25(17)15-27-24(33)35-25/h2-3,10,12,17,21H,4-9,11,13-15H2,1H3,(H,27,33). The van der Waals surface area contributed by atoms with Crippen LogP contribution in [0.15, 0.2) is 24.4 Å². The minimum atomic E-state index is -0.498. The number of hydrogen-bond acceptors (Lipinski definition) is 6. The Kier molecular flexibility index (Phi) is 5.74. The Hall–Kier alpha value is -2.62. The third kappa shape index (κ3) is 3.99. The van der Waals surface area contributed by atoms with E-state index >= 15 is 0 Å². The van der Waals surface area contributed by atoms with E-state index in [4.69, 9.17) is 21.1 Å². The molecule has 3 unspecified atom stereocenters. The van der Waals surface area contributed by atoms with Crippen LogP contribution in [0.2, 0.25) is 5.02 Å². The number of amides is 2. The van der Waals surface area contributed by atoms with Crippen LogP contribution in [0.4, 0.5) is 4.79 Å². The fourth-order valence-corrected chi connectivity index (χ4v) is 6.20. The first-order chi connectivity index (χ1) is 16.9. The Labute approximate surface area is 209 Å². The second-order valence-electron chi connectivity index (χ2n) is 10.1. The number of hydrogen-bond donors (Lipinski definition) is 1. The number of carbonyl (C=O) groups excluding carboxylic acids is 2. The van der Waals surface area contributed by atoms with Crippen LogP contribution in [0.5, 0.6) is 0 Å². The monoisotopic (exact) mass is 499 g/mol. The number of rotatable bonds is 6. The maximum absolute atomic E-state index is 13.7. The number of aromatic nitrogens is 2. The predicted octanol–water partition coefficient (Wildman–Crippen LogP) is 2.53. The number of ether oxygens (including phenoxy) is 2. The van der Waals surface area contributed by atoms with E-state index in [1.807, 2.05) is 18.0 Å². The van der Waals surface area contributed by atoms with E-state index < -0.39 is 5.60 Å². The van der Waals surface area contributed by atoms with Crippen LogP contribution in [-0.2, 0) is 29.5 Å². The molecule has 3 atom stereocenters. The van der Waals surface area contributed by atoms with Crippen molar-refractivity contribution >= 4 is 23.6 Å². The summed E-state index contributed by atoms with van der Waals surface area (Å²) in [5.41, 5.74) is 3.37. The van der Waals surface area contributed by atoms with Crippen LogP contribution < -0.4 is 5.32 Å². The van der Waals surface area contributed by atoms with Gasteiger partial charge in [-0.25, -0.2) is 4.79 Å². The van der Waals surface area contributed by atoms with Crippen molar-refractivity contribution in [2.45, 2.75) is 37.5 Å². The number of fused-ring (bicyclic) bond motifs is 1. The Morgan fingerprint density at radius 3 is 2.74 bits per heavy atom. The summed E-state index contributed by atoms with van der Waals surface area (Å²) in [5, 5.41) is 7.71. The number of carbonyl (C=O) groups is 2. The zero-order chi connectivity index (χ0) is 24.2. The molecule has 2 saturated heterocycles. The number of aryl methyl sites for hydroxylation is 1. The minimum Gasteiger partial charge on any atom is -0.441 e. The predicted molar refractivity (Wildman–Crippen MR) is 128 cm³/mol. The first kappa shape index (κ1) is 22.8.